The van der Waals surface area contributed by atoms with E-state index in [1.165, 1.54) is 0 Å². The molecule has 0 aromatic heterocycles. The van der Waals surface area contributed by atoms with E-state index in [0.717, 1.165) is 0 Å². The fourth-order valence-corrected chi connectivity index (χ4v) is 0.737. The number of carbonyl (C=O) groups excluding carboxylic acids is 2. The summed E-state index contributed by atoms with van der Waals surface area (Å²) in [5, 5.41) is 4.97. The first-order valence-corrected chi connectivity index (χ1v) is 4.27. The minimum Gasteiger partial charge on any atom is -0.354 e. The minimum atomic E-state index is -0.688. The van der Waals surface area contributed by atoms with Crippen molar-refractivity contribution in [3.8, 4) is 0 Å². The number of hydrogen-bond donors (Lipinski definition) is 3. The molecule has 4 N–H and O–H groups in total. The maximum Gasteiger partial charge on any atom is 0.312 e. The molecule has 0 aromatic carbocycles. The van der Waals surface area contributed by atoms with Crippen LogP contribution >= 0.6 is 0 Å². The van der Waals surface area contributed by atoms with Crippen LogP contribution in [0.25, 0.3) is 0 Å². The van der Waals surface area contributed by atoms with Crippen molar-refractivity contribution in [2.75, 3.05) is 6.54 Å². The van der Waals surface area contributed by atoms with Gasteiger partial charge in [-0.3, -0.25) is 4.79 Å². The highest BCUT2D eigenvalue weighted by atomic mass is 16.2. The van der Waals surface area contributed by atoms with E-state index in [1.807, 2.05) is 13.8 Å². The van der Waals surface area contributed by atoms with Gasteiger partial charge in [-0.2, -0.15) is 0 Å². The van der Waals surface area contributed by atoms with Crippen LogP contribution in [0.5, 0.6) is 0 Å². The zero-order valence-electron chi connectivity index (χ0n) is 8.26. The van der Waals surface area contributed by atoms with E-state index < -0.39 is 12.1 Å². The number of nitrogens with one attached hydrogen (secondary N) is 2. The fraction of sp³-hybridized carbons (Fsp3) is 0.750. The molecular weight excluding hydrogens is 170 g/mol. The maximum absolute atomic E-state index is 11.2. The second-order valence-electron chi connectivity index (χ2n) is 3.37. The molecule has 1 unspecified atom stereocenters. The maximum atomic E-state index is 11.2. The Morgan fingerprint density at radius 3 is 2.23 bits per heavy atom. The van der Waals surface area contributed by atoms with Gasteiger partial charge < -0.3 is 16.4 Å². The molecule has 0 bridgehead atoms. The quantitative estimate of drug-likeness (QED) is 0.570. The van der Waals surface area contributed by atoms with Crippen molar-refractivity contribution in [3.63, 3.8) is 0 Å². The van der Waals surface area contributed by atoms with Gasteiger partial charge >= 0.3 is 6.03 Å². The SMILES string of the molecule is CC(C)CNC(=O)C(C)NC(N)=O. The predicted molar refractivity (Wildman–Crippen MR) is 50.0 cm³/mol. The lowest BCUT2D eigenvalue weighted by Gasteiger charge is -2.13. The van der Waals surface area contributed by atoms with Crippen molar-refractivity contribution in [2.24, 2.45) is 11.7 Å². The number of carbonyl (C=O) groups is 2. The molecule has 0 aromatic rings. The van der Waals surface area contributed by atoms with Crippen LogP contribution in [0.2, 0.25) is 0 Å². The molecule has 0 aliphatic heterocycles. The summed E-state index contributed by atoms with van der Waals surface area (Å²) >= 11 is 0. The lowest BCUT2D eigenvalue weighted by molar-refractivity contribution is -0.122. The normalized spacial score (nSPS) is 12.3. The molecule has 0 spiro atoms. The van der Waals surface area contributed by atoms with E-state index in [-0.39, 0.29) is 5.91 Å². The highest BCUT2D eigenvalue weighted by molar-refractivity contribution is 5.86. The topological polar surface area (TPSA) is 84.2 Å². The summed E-state index contributed by atoms with van der Waals surface area (Å²) in [4.78, 5) is 21.6. The van der Waals surface area contributed by atoms with Gasteiger partial charge in [-0.25, -0.2) is 4.79 Å². The minimum absolute atomic E-state index is 0.215. The highest BCUT2D eigenvalue weighted by Crippen LogP contribution is 1.88. The standard InChI is InChI=1S/C8H17N3O2/c1-5(2)4-10-7(12)6(3)11-8(9)13/h5-6H,4H2,1-3H3,(H,10,12)(H3,9,11,13). The molecule has 0 radical (unpaired) electrons. The van der Waals surface area contributed by atoms with E-state index in [1.54, 1.807) is 6.92 Å². The van der Waals surface area contributed by atoms with Crippen LogP contribution in [0.3, 0.4) is 0 Å². The number of amides is 3. The lowest BCUT2D eigenvalue weighted by atomic mass is 10.2. The Balaban J connectivity index is 3.76. The third-order valence-electron chi connectivity index (χ3n) is 1.44. The van der Waals surface area contributed by atoms with Crippen molar-refractivity contribution in [1.29, 1.82) is 0 Å². The summed E-state index contributed by atoms with van der Waals surface area (Å²) in [6, 6.07) is -1.26. The van der Waals surface area contributed by atoms with Crippen molar-refractivity contribution in [1.82, 2.24) is 10.6 Å². The number of rotatable bonds is 4. The van der Waals surface area contributed by atoms with Crippen molar-refractivity contribution in [3.05, 3.63) is 0 Å². The molecule has 0 saturated heterocycles. The van der Waals surface area contributed by atoms with Crippen molar-refractivity contribution in [2.45, 2.75) is 26.8 Å². The van der Waals surface area contributed by atoms with Gasteiger partial charge in [0, 0.05) is 6.54 Å². The largest absolute Gasteiger partial charge is 0.354 e. The second kappa shape index (κ2) is 5.40. The van der Waals surface area contributed by atoms with Crippen molar-refractivity contribution < 1.29 is 9.59 Å². The Morgan fingerprint density at radius 1 is 1.31 bits per heavy atom. The van der Waals surface area contributed by atoms with Crippen LogP contribution in [0.15, 0.2) is 0 Å². The van der Waals surface area contributed by atoms with Gasteiger partial charge in [0.15, 0.2) is 0 Å². The monoisotopic (exact) mass is 187 g/mol. The number of hydrogen-bond acceptors (Lipinski definition) is 2. The van der Waals surface area contributed by atoms with Gasteiger partial charge in [-0.15, -0.1) is 0 Å². The molecule has 5 heteroatoms. The molecule has 13 heavy (non-hydrogen) atoms. The Bertz CT molecular complexity index is 192. The Morgan fingerprint density at radius 2 is 1.85 bits per heavy atom. The van der Waals surface area contributed by atoms with E-state index in [9.17, 15) is 9.59 Å². The molecule has 0 aliphatic carbocycles. The predicted octanol–water partition coefficient (Wildman–Crippen LogP) is -0.185. The van der Waals surface area contributed by atoms with Crippen molar-refractivity contribution >= 4 is 11.9 Å². The average Bonchev–Trinajstić information content (AvgIpc) is 1.98. The number of primary amides is 1. The van der Waals surface area contributed by atoms with E-state index in [4.69, 9.17) is 5.73 Å². The van der Waals surface area contributed by atoms with E-state index in [0.29, 0.717) is 12.5 Å². The summed E-state index contributed by atoms with van der Waals surface area (Å²) in [7, 11) is 0. The molecule has 3 amide bonds. The summed E-state index contributed by atoms with van der Waals surface area (Å²) in [5.41, 5.74) is 4.86. The van der Waals surface area contributed by atoms with Crippen LogP contribution in [0.1, 0.15) is 20.8 Å². The van der Waals surface area contributed by atoms with Gasteiger partial charge in [0.2, 0.25) is 5.91 Å². The van der Waals surface area contributed by atoms with Gasteiger partial charge in [0.05, 0.1) is 0 Å². The summed E-state index contributed by atoms with van der Waals surface area (Å²) in [6.07, 6.45) is 0. The molecule has 5 nitrogen and oxygen atoms in total. The molecule has 76 valence electrons. The zero-order chi connectivity index (χ0) is 10.4. The molecule has 0 heterocycles. The van der Waals surface area contributed by atoms with Crippen LogP contribution in [0.4, 0.5) is 4.79 Å². The van der Waals surface area contributed by atoms with Gasteiger partial charge in [0.1, 0.15) is 6.04 Å². The third-order valence-corrected chi connectivity index (χ3v) is 1.44. The van der Waals surface area contributed by atoms with Gasteiger partial charge in [-0.1, -0.05) is 13.8 Å². The molecule has 0 rings (SSSR count). The average molecular weight is 187 g/mol. The van der Waals surface area contributed by atoms with Gasteiger partial charge in [-0.05, 0) is 12.8 Å². The number of nitrogens with two attached hydrogens (primary N) is 1. The molecule has 0 fully saturated rings. The van der Waals surface area contributed by atoms with Crippen LogP contribution in [0, 0.1) is 5.92 Å². The number of urea groups is 1. The van der Waals surface area contributed by atoms with Crippen LogP contribution in [-0.4, -0.2) is 24.5 Å². The zero-order valence-corrected chi connectivity index (χ0v) is 8.26. The Hall–Kier alpha value is -1.26. The van der Waals surface area contributed by atoms with Gasteiger partial charge in [0.25, 0.3) is 0 Å². The summed E-state index contributed by atoms with van der Waals surface area (Å²) in [6.45, 7) is 6.17. The molecule has 0 aliphatic rings. The molecule has 0 saturated carbocycles. The third kappa shape index (κ3) is 5.95. The first-order valence-electron chi connectivity index (χ1n) is 4.27. The highest BCUT2D eigenvalue weighted by Gasteiger charge is 2.13. The molecular formula is C8H17N3O2. The Kier molecular flexibility index (Phi) is 4.87. The van der Waals surface area contributed by atoms with Crippen LogP contribution in [-0.2, 0) is 4.79 Å². The summed E-state index contributed by atoms with van der Waals surface area (Å²) in [5.74, 6) is 0.178. The summed E-state index contributed by atoms with van der Waals surface area (Å²) < 4.78 is 0. The second-order valence-corrected chi connectivity index (χ2v) is 3.37. The van der Waals surface area contributed by atoms with E-state index in [2.05, 4.69) is 10.6 Å². The first kappa shape index (κ1) is 11.7. The first-order chi connectivity index (χ1) is 5.93. The Labute approximate surface area is 78.1 Å². The fourth-order valence-electron chi connectivity index (χ4n) is 0.737. The molecule has 1 atom stereocenters. The lowest BCUT2D eigenvalue weighted by Crippen LogP contribution is -2.47. The smallest absolute Gasteiger partial charge is 0.312 e. The van der Waals surface area contributed by atoms with E-state index >= 15 is 0 Å². The van der Waals surface area contributed by atoms with Crippen LogP contribution < -0.4 is 16.4 Å².